The van der Waals surface area contributed by atoms with Crippen LogP contribution in [0.1, 0.15) is 18.5 Å². The number of amides is 1. The smallest absolute Gasteiger partial charge is 0.226 e. The van der Waals surface area contributed by atoms with Gasteiger partial charge in [-0.2, -0.15) is 0 Å². The second kappa shape index (κ2) is 4.95. The Labute approximate surface area is 129 Å². The van der Waals surface area contributed by atoms with Crippen molar-refractivity contribution in [2.75, 3.05) is 20.1 Å². The fraction of sp³-hybridized carbons (Fsp3) is 0.412. The van der Waals surface area contributed by atoms with E-state index < -0.39 is 0 Å². The number of hydrogen-bond donors (Lipinski definition) is 1. The Balaban J connectivity index is 1.63. The van der Waals surface area contributed by atoms with Crippen LogP contribution in [0.4, 0.5) is 0 Å². The van der Waals surface area contributed by atoms with Crippen LogP contribution in [0.2, 0.25) is 0 Å². The third-order valence-corrected chi connectivity index (χ3v) is 4.60. The van der Waals surface area contributed by atoms with Crippen molar-refractivity contribution in [3.63, 3.8) is 0 Å². The average molecular weight is 297 g/mol. The van der Waals surface area contributed by atoms with Gasteiger partial charge in [0, 0.05) is 30.2 Å². The van der Waals surface area contributed by atoms with E-state index in [1.807, 2.05) is 38.2 Å². The molecular weight excluding hydrogens is 278 g/mol. The second-order valence-electron chi connectivity index (χ2n) is 6.29. The molecule has 4 rings (SSSR count). The minimum atomic E-state index is -0.0974. The molecule has 0 radical (unpaired) electrons. The molecule has 5 nitrogen and oxygen atoms in total. The highest BCUT2D eigenvalue weighted by Gasteiger charge is 2.37. The Kier molecular flexibility index (Phi) is 3.04. The van der Waals surface area contributed by atoms with Crippen LogP contribution in [0.3, 0.4) is 0 Å². The molecule has 1 amide bonds. The molecule has 1 fully saturated rings. The molecule has 0 saturated carbocycles. The molecule has 1 saturated heterocycles. The molecule has 3 heterocycles. The average Bonchev–Trinajstić information content (AvgIpc) is 2.80. The number of fused-ring (bicyclic) bond motifs is 3. The Morgan fingerprint density at radius 1 is 1.36 bits per heavy atom. The quantitative estimate of drug-likeness (QED) is 0.917. The van der Waals surface area contributed by atoms with E-state index in [2.05, 4.69) is 15.2 Å². The zero-order chi connectivity index (χ0) is 15.3. The molecule has 1 aromatic carbocycles. The number of benzene rings is 1. The molecule has 2 aromatic rings. The van der Waals surface area contributed by atoms with Gasteiger partial charge in [0.25, 0.3) is 0 Å². The Hall–Kier alpha value is -2.14. The largest absolute Gasteiger partial charge is 0.486 e. The highest BCUT2D eigenvalue weighted by atomic mass is 16.5. The number of rotatable bonds is 2. The first kappa shape index (κ1) is 13.5. The summed E-state index contributed by atoms with van der Waals surface area (Å²) in [5.74, 6) is 1.02. The van der Waals surface area contributed by atoms with Crippen molar-refractivity contribution in [1.82, 2.24) is 15.2 Å². The number of nitrogens with one attached hydrogen (secondary N) is 1. The summed E-state index contributed by atoms with van der Waals surface area (Å²) in [5, 5.41) is 4.21. The van der Waals surface area contributed by atoms with Gasteiger partial charge in [-0.15, -0.1) is 0 Å². The molecule has 114 valence electrons. The maximum absolute atomic E-state index is 12.3. The van der Waals surface area contributed by atoms with Crippen molar-refractivity contribution >= 4 is 16.8 Å². The van der Waals surface area contributed by atoms with Gasteiger partial charge in [0.15, 0.2) is 5.75 Å². The lowest BCUT2D eigenvalue weighted by molar-refractivity contribution is -0.130. The van der Waals surface area contributed by atoms with Crippen LogP contribution >= 0.6 is 0 Å². The number of carbonyl (C=O) groups is 1. The molecule has 1 aromatic heterocycles. The summed E-state index contributed by atoms with van der Waals surface area (Å²) in [5.41, 5.74) is 1.90. The highest BCUT2D eigenvalue weighted by molar-refractivity contribution is 5.87. The third kappa shape index (κ3) is 2.04. The van der Waals surface area contributed by atoms with Crippen molar-refractivity contribution in [1.29, 1.82) is 0 Å². The number of ether oxygens (including phenoxy) is 1. The maximum Gasteiger partial charge on any atom is 0.226 e. The van der Waals surface area contributed by atoms with Crippen LogP contribution in [0, 0.1) is 5.92 Å². The van der Waals surface area contributed by atoms with E-state index in [9.17, 15) is 4.79 Å². The molecule has 0 bridgehead atoms. The van der Waals surface area contributed by atoms with Crippen LogP contribution in [0.15, 0.2) is 30.5 Å². The van der Waals surface area contributed by atoms with Crippen molar-refractivity contribution in [2.24, 2.45) is 5.92 Å². The molecule has 0 spiro atoms. The zero-order valence-corrected chi connectivity index (χ0v) is 12.7. The second-order valence-corrected chi connectivity index (χ2v) is 6.29. The van der Waals surface area contributed by atoms with E-state index >= 15 is 0 Å². The van der Waals surface area contributed by atoms with Crippen molar-refractivity contribution < 1.29 is 9.53 Å². The Morgan fingerprint density at radius 3 is 2.95 bits per heavy atom. The van der Waals surface area contributed by atoms with Gasteiger partial charge in [0.1, 0.15) is 11.6 Å². The van der Waals surface area contributed by atoms with Crippen LogP contribution in [-0.2, 0) is 4.79 Å². The number of likely N-dealkylation sites (tertiary alicyclic amines) is 1. The molecule has 5 heteroatoms. The molecule has 2 unspecified atom stereocenters. The minimum Gasteiger partial charge on any atom is -0.486 e. The lowest BCUT2D eigenvalue weighted by atomic mass is 9.97. The van der Waals surface area contributed by atoms with Gasteiger partial charge < -0.3 is 15.0 Å². The summed E-state index contributed by atoms with van der Waals surface area (Å²) in [4.78, 5) is 18.9. The van der Waals surface area contributed by atoms with Crippen LogP contribution in [0.25, 0.3) is 10.9 Å². The minimum absolute atomic E-state index is 0.0793. The molecule has 2 aliphatic heterocycles. The number of carbonyl (C=O) groups excluding carboxylic acids is 1. The highest BCUT2D eigenvalue weighted by Crippen LogP contribution is 2.41. The topological polar surface area (TPSA) is 54.5 Å². The Morgan fingerprint density at radius 2 is 2.18 bits per heavy atom. The first-order valence-electron chi connectivity index (χ1n) is 7.66. The number of hydrogen-bond acceptors (Lipinski definition) is 4. The predicted octanol–water partition coefficient (Wildman–Crippen LogP) is 1.73. The normalized spacial score (nSPS) is 24.6. The molecule has 2 atom stereocenters. The van der Waals surface area contributed by atoms with Gasteiger partial charge in [-0.25, -0.2) is 0 Å². The van der Waals surface area contributed by atoms with Crippen LogP contribution < -0.4 is 10.1 Å². The monoisotopic (exact) mass is 297 g/mol. The summed E-state index contributed by atoms with van der Waals surface area (Å²) in [6.45, 7) is 3.66. The van der Waals surface area contributed by atoms with Crippen LogP contribution in [-0.4, -0.2) is 42.0 Å². The maximum atomic E-state index is 12.3. The molecule has 2 aliphatic rings. The van der Waals surface area contributed by atoms with E-state index in [4.69, 9.17) is 4.74 Å². The summed E-state index contributed by atoms with van der Waals surface area (Å²) < 4.78 is 6.00. The first-order valence-corrected chi connectivity index (χ1v) is 7.66. The van der Waals surface area contributed by atoms with E-state index in [0.29, 0.717) is 0 Å². The molecular formula is C17H19N3O2. The zero-order valence-electron chi connectivity index (χ0n) is 12.7. The lowest BCUT2D eigenvalue weighted by Gasteiger charge is -2.35. The summed E-state index contributed by atoms with van der Waals surface area (Å²) in [6.07, 6.45) is 1.69. The predicted molar refractivity (Wildman–Crippen MR) is 83.7 cm³/mol. The van der Waals surface area contributed by atoms with Gasteiger partial charge in [-0.05, 0) is 20.0 Å². The number of pyridine rings is 1. The van der Waals surface area contributed by atoms with Gasteiger partial charge >= 0.3 is 0 Å². The van der Waals surface area contributed by atoms with Crippen molar-refractivity contribution in [3.05, 3.63) is 36.0 Å². The van der Waals surface area contributed by atoms with Crippen molar-refractivity contribution in [2.45, 2.75) is 19.1 Å². The standard InChI is InChI=1S/C17H19N3O2/c1-10-14(19-17(21)12-8-20(2)9-12)13-6-5-11-4-3-7-18-15(11)16(13)22-10/h3-7,10,12,14H,8-9H2,1-2H3,(H,19,21). The van der Waals surface area contributed by atoms with E-state index in [1.54, 1.807) is 6.20 Å². The van der Waals surface area contributed by atoms with E-state index in [-0.39, 0.29) is 24.0 Å². The van der Waals surface area contributed by atoms with E-state index in [0.717, 1.165) is 35.3 Å². The third-order valence-electron chi connectivity index (χ3n) is 4.60. The fourth-order valence-electron chi connectivity index (χ4n) is 3.34. The summed E-state index contributed by atoms with van der Waals surface area (Å²) in [6, 6.07) is 7.92. The number of aromatic nitrogens is 1. The van der Waals surface area contributed by atoms with Gasteiger partial charge in [-0.3, -0.25) is 9.78 Å². The fourth-order valence-corrected chi connectivity index (χ4v) is 3.34. The SMILES string of the molecule is CC1Oc2c(ccc3cccnc23)C1NC(=O)C1CN(C)C1. The van der Waals surface area contributed by atoms with E-state index in [1.165, 1.54) is 0 Å². The summed E-state index contributed by atoms with van der Waals surface area (Å²) in [7, 11) is 2.03. The molecule has 0 aliphatic carbocycles. The molecule has 22 heavy (non-hydrogen) atoms. The lowest BCUT2D eigenvalue weighted by Crippen LogP contribution is -2.52. The van der Waals surface area contributed by atoms with Gasteiger partial charge in [0.2, 0.25) is 5.91 Å². The first-order chi connectivity index (χ1) is 10.6. The molecule has 1 N–H and O–H groups in total. The number of nitrogens with zero attached hydrogens (tertiary/aromatic N) is 2. The van der Waals surface area contributed by atoms with Crippen LogP contribution in [0.5, 0.6) is 5.75 Å². The van der Waals surface area contributed by atoms with Crippen molar-refractivity contribution in [3.8, 4) is 5.75 Å². The van der Waals surface area contributed by atoms with Gasteiger partial charge in [0.05, 0.1) is 12.0 Å². The Bertz CT molecular complexity index is 740. The van der Waals surface area contributed by atoms with Gasteiger partial charge in [-0.1, -0.05) is 18.2 Å². The summed E-state index contributed by atoms with van der Waals surface area (Å²) >= 11 is 0.